The Morgan fingerprint density at radius 3 is 2.29 bits per heavy atom. The van der Waals surface area contributed by atoms with Crippen molar-refractivity contribution in [3.63, 3.8) is 0 Å². The number of hydrogen-bond acceptors (Lipinski definition) is 6. The van der Waals surface area contributed by atoms with Crippen molar-refractivity contribution in [2.45, 2.75) is 96.5 Å². The summed E-state index contributed by atoms with van der Waals surface area (Å²) in [5, 5.41) is 15.0. The van der Waals surface area contributed by atoms with Crippen molar-refractivity contribution >= 4 is 23.3 Å². The first-order valence-corrected chi connectivity index (χ1v) is 15.0. The van der Waals surface area contributed by atoms with Crippen LogP contribution in [0.2, 0.25) is 0 Å². The molecule has 11 heteroatoms. The number of amides is 2. The Morgan fingerprint density at radius 2 is 1.67 bits per heavy atom. The molecule has 0 aliphatic heterocycles. The second kappa shape index (κ2) is 13.2. The molecule has 1 unspecified atom stereocenters. The first kappa shape index (κ1) is 31.5. The van der Waals surface area contributed by atoms with Gasteiger partial charge in [-0.25, -0.2) is 4.79 Å². The van der Waals surface area contributed by atoms with Crippen LogP contribution in [0.4, 0.5) is 18.0 Å². The Kier molecular flexibility index (Phi) is 9.91. The molecule has 0 saturated heterocycles. The highest BCUT2D eigenvalue weighted by Gasteiger charge is 2.33. The highest BCUT2D eigenvalue weighted by Crippen LogP contribution is 2.40. The molecule has 226 valence electrons. The van der Waals surface area contributed by atoms with Crippen LogP contribution < -0.4 is 10.6 Å². The van der Waals surface area contributed by atoms with E-state index in [1.54, 1.807) is 20.8 Å². The molecule has 2 aromatic carbocycles. The molecule has 2 amide bonds. The van der Waals surface area contributed by atoms with Crippen molar-refractivity contribution in [3.05, 3.63) is 69.7 Å². The minimum atomic E-state index is -4.47. The van der Waals surface area contributed by atoms with Crippen LogP contribution in [-0.2, 0) is 28.7 Å². The van der Waals surface area contributed by atoms with E-state index in [1.165, 1.54) is 24.3 Å². The number of benzene rings is 2. The number of rotatable bonds is 8. The summed E-state index contributed by atoms with van der Waals surface area (Å²) in [6.07, 6.45) is 0.321. The molecule has 3 aromatic rings. The zero-order valence-electron chi connectivity index (χ0n) is 24.3. The van der Waals surface area contributed by atoms with Crippen molar-refractivity contribution in [2.75, 3.05) is 0 Å². The Balaban J connectivity index is 1.52. The van der Waals surface area contributed by atoms with Gasteiger partial charge in [-0.1, -0.05) is 54.9 Å². The maximum Gasteiger partial charge on any atom is 0.416 e. The van der Waals surface area contributed by atoms with Gasteiger partial charge in [0.2, 0.25) is 5.91 Å². The van der Waals surface area contributed by atoms with Crippen LogP contribution in [0, 0.1) is 0 Å². The molecule has 1 heterocycles. The fourth-order valence-electron chi connectivity index (χ4n) is 5.07. The number of hydrogen-bond donors (Lipinski definition) is 2. The first-order chi connectivity index (χ1) is 19.8. The zero-order valence-corrected chi connectivity index (χ0v) is 25.1. The Labute approximate surface area is 248 Å². The Hall–Kier alpha value is -3.47. The molecule has 1 fully saturated rings. The summed E-state index contributed by atoms with van der Waals surface area (Å²) in [5.41, 5.74) is 1.59. The number of alkyl halides is 3. The number of nitrogens with one attached hydrogen (secondary N) is 2. The van der Waals surface area contributed by atoms with Gasteiger partial charge in [-0.3, -0.25) is 4.79 Å². The number of nitrogens with zero attached hydrogens (tertiary/aromatic N) is 2. The van der Waals surface area contributed by atoms with Gasteiger partial charge in [-0.2, -0.15) is 13.2 Å². The summed E-state index contributed by atoms with van der Waals surface area (Å²) >= 11 is 1.18. The smallest absolute Gasteiger partial charge is 0.416 e. The van der Waals surface area contributed by atoms with Gasteiger partial charge in [-0.05, 0) is 80.8 Å². The van der Waals surface area contributed by atoms with Crippen LogP contribution in [-0.4, -0.2) is 27.8 Å². The van der Waals surface area contributed by atoms with E-state index in [4.69, 9.17) is 4.74 Å². The number of ether oxygens (including phenoxy) is 1. The molecule has 0 spiro atoms. The lowest BCUT2D eigenvalue weighted by Crippen LogP contribution is -2.32. The normalized spacial score (nSPS) is 15.2. The van der Waals surface area contributed by atoms with Gasteiger partial charge in [0, 0.05) is 19.0 Å². The molecular weight excluding hydrogens is 565 g/mol. The van der Waals surface area contributed by atoms with Gasteiger partial charge < -0.3 is 15.4 Å². The van der Waals surface area contributed by atoms with Crippen LogP contribution in [0.25, 0.3) is 10.6 Å². The molecule has 1 aliphatic rings. The summed E-state index contributed by atoms with van der Waals surface area (Å²) in [4.78, 5) is 24.0. The third-order valence-corrected chi connectivity index (χ3v) is 8.11. The van der Waals surface area contributed by atoms with Gasteiger partial charge in [0.25, 0.3) is 0 Å². The van der Waals surface area contributed by atoms with E-state index in [-0.39, 0.29) is 11.8 Å². The van der Waals surface area contributed by atoms with E-state index in [0.29, 0.717) is 34.1 Å². The fraction of sp³-hybridized carbons (Fsp3) is 0.484. The van der Waals surface area contributed by atoms with Crippen LogP contribution in [0.3, 0.4) is 0 Å². The van der Waals surface area contributed by atoms with E-state index in [0.717, 1.165) is 49.3 Å². The number of aromatic nitrogens is 2. The molecule has 1 aromatic heterocycles. The standard InChI is InChI=1S/C31H37F3N4O3S/c1-19(39)36-26(14-20-10-12-21(13-11-20)18-35-29(40)41-30(2,3)4)28-38-37-27(42-28)24-15-23(22-8-6-5-7-9-22)16-25(17-24)31(32,33)34/h10-13,15-17,22,26H,5-9,14,18H2,1-4H3,(H,35,40)(H,36,39). The average molecular weight is 603 g/mol. The van der Waals surface area contributed by atoms with E-state index < -0.39 is 29.5 Å². The van der Waals surface area contributed by atoms with E-state index in [2.05, 4.69) is 20.8 Å². The van der Waals surface area contributed by atoms with Gasteiger partial charge in [0.05, 0.1) is 11.6 Å². The molecule has 1 atom stereocenters. The molecule has 1 aliphatic carbocycles. The predicted octanol–water partition coefficient (Wildman–Crippen LogP) is 7.72. The highest BCUT2D eigenvalue weighted by atomic mass is 32.1. The molecule has 2 N–H and O–H groups in total. The molecule has 0 radical (unpaired) electrons. The number of carbonyl (C=O) groups excluding carboxylic acids is 2. The van der Waals surface area contributed by atoms with Gasteiger partial charge in [0.15, 0.2) is 0 Å². The van der Waals surface area contributed by atoms with Gasteiger partial charge >= 0.3 is 12.3 Å². The molecule has 4 rings (SSSR count). The topological polar surface area (TPSA) is 93.2 Å². The van der Waals surface area contributed by atoms with Crippen molar-refractivity contribution in [3.8, 4) is 10.6 Å². The average Bonchev–Trinajstić information content (AvgIpc) is 3.41. The zero-order chi connectivity index (χ0) is 30.5. The van der Waals surface area contributed by atoms with Gasteiger partial charge in [0.1, 0.15) is 15.6 Å². The maximum atomic E-state index is 13.8. The van der Waals surface area contributed by atoms with Crippen molar-refractivity contribution in [1.82, 2.24) is 20.8 Å². The highest BCUT2D eigenvalue weighted by molar-refractivity contribution is 7.14. The second-order valence-corrected chi connectivity index (χ2v) is 12.8. The molecule has 7 nitrogen and oxygen atoms in total. The monoisotopic (exact) mass is 602 g/mol. The molecule has 0 bridgehead atoms. The van der Waals surface area contributed by atoms with Crippen LogP contribution in [0.5, 0.6) is 0 Å². The quantitative estimate of drug-likeness (QED) is 0.275. The maximum absolute atomic E-state index is 13.8. The number of carbonyl (C=O) groups is 2. The fourth-order valence-corrected chi connectivity index (χ4v) is 5.95. The molecular formula is C31H37F3N4O3S. The van der Waals surface area contributed by atoms with E-state index in [1.807, 2.05) is 30.3 Å². The van der Waals surface area contributed by atoms with E-state index in [9.17, 15) is 22.8 Å². The summed E-state index contributed by atoms with van der Waals surface area (Å²) < 4.78 is 46.7. The first-order valence-electron chi connectivity index (χ1n) is 14.1. The third kappa shape index (κ3) is 9.01. The second-order valence-electron chi connectivity index (χ2n) is 11.8. The van der Waals surface area contributed by atoms with Crippen molar-refractivity contribution < 1.29 is 27.5 Å². The number of halogens is 3. The van der Waals surface area contributed by atoms with E-state index >= 15 is 0 Å². The lowest BCUT2D eigenvalue weighted by molar-refractivity contribution is -0.137. The Morgan fingerprint density at radius 1 is 1.00 bits per heavy atom. The lowest BCUT2D eigenvalue weighted by Gasteiger charge is -2.23. The van der Waals surface area contributed by atoms with Crippen molar-refractivity contribution in [1.29, 1.82) is 0 Å². The van der Waals surface area contributed by atoms with Gasteiger partial charge in [-0.15, -0.1) is 10.2 Å². The molecule has 1 saturated carbocycles. The summed E-state index contributed by atoms with van der Waals surface area (Å²) in [6, 6.07) is 11.2. The molecule has 42 heavy (non-hydrogen) atoms. The largest absolute Gasteiger partial charge is 0.444 e. The minimum Gasteiger partial charge on any atom is -0.444 e. The number of alkyl carbamates (subject to hydrolysis) is 1. The third-order valence-electron chi connectivity index (χ3n) is 7.02. The Bertz CT molecular complexity index is 1380. The summed E-state index contributed by atoms with van der Waals surface area (Å²) in [6.45, 7) is 7.08. The van der Waals surface area contributed by atoms with Crippen LogP contribution >= 0.6 is 11.3 Å². The van der Waals surface area contributed by atoms with Crippen LogP contribution in [0.1, 0.15) is 99.0 Å². The van der Waals surface area contributed by atoms with Crippen molar-refractivity contribution in [2.24, 2.45) is 0 Å². The van der Waals surface area contributed by atoms with Crippen LogP contribution in [0.15, 0.2) is 42.5 Å². The predicted molar refractivity (Wildman–Crippen MR) is 156 cm³/mol. The minimum absolute atomic E-state index is 0.0987. The lowest BCUT2D eigenvalue weighted by atomic mass is 9.83. The SMILES string of the molecule is CC(=O)NC(Cc1ccc(CNC(=O)OC(C)(C)C)cc1)c1nnc(-c2cc(C3CCCCC3)cc(C(F)(F)F)c2)s1. The summed E-state index contributed by atoms with van der Waals surface area (Å²) in [7, 11) is 0. The summed E-state index contributed by atoms with van der Waals surface area (Å²) in [5.74, 6) is -0.157.